The number of primary amides is 1. The van der Waals surface area contributed by atoms with Gasteiger partial charge in [-0.3, -0.25) is 9.20 Å². The molecule has 0 saturated carbocycles. The van der Waals surface area contributed by atoms with Crippen molar-refractivity contribution in [2.75, 3.05) is 11.4 Å². The van der Waals surface area contributed by atoms with Gasteiger partial charge in [-0.15, -0.1) is 0 Å². The van der Waals surface area contributed by atoms with Crippen molar-refractivity contribution in [2.24, 2.45) is 5.73 Å². The van der Waals surface area contributed by atoms with Crippen molar-refractivity contribution >= 4 is 28.4 Å². The Hall–Kier alpha value is -3.07. The Morgan fingerprint density at radius 2 is 2.21 bits per heavy atom. The lowest BCUT2D eigenvalue weighted by Crippen LogP contribution is -2.41. The molecule has 0 spiro atoms. The second-order valence-electron chi connectivity index (χ2n) is 6.19. The number of nitrogens with two attached hydrogens (primary N) is 1. The summed E-state index contributed by atoms with van der Waals surface area (Å²) in [7, 11) is 0. The summed E-state index contributed by atoms with van der Waals surface area (Å²) in [4.78, 5) is 18.5. The van der Waals surface area contributed by atoms with Gasteiger partial charge < -0.3 is 10.6 Å². The van der Waals surface area contributed by atoms with Crippen LogP contribution in [0.2, 0.25) is 0 Å². The Morgan fingerprint density at radius 1 is 1.42 bits per heavy atom. The van der Waals surface area contributed by atoms with Crippen molar-refractivity contribution in [3.8, 4) is 6.07 Å². The van der Waals surface area contributed by atoms with Gasteiger partial charge in [0, 0.05) is 6.54 Å². The van der Waals surface area contributed by atoms with E-state index in [0.717, 1.165) is 41.8 Å². The molecule has 1 aliphatic heterocycles. The summed E-state index contributed by atoms with van der Waals surface area (Å²) in [6, 6.07) is 11.7. The molecule has 6 heteroatoms. The molecule has 1 aromatic carbocycles. The minimum atomic E-state index is -0.318. The summed E-state index contributed by atoms with van der Waals surface area (Å²) in [6.45, 7) is 2.66. The Bertz CT molecular complexity index is 1010. The highest BCUT2D eigenvalue weighted by Gasteiger charge is 2.31. The van der Waals surface area contributed by atoms with Gasteiger partial charge in [0.1, 0.15) is 17.9 Å². The van der Waals surface area contributed by atoms with Crippen LogP contribution < -0.4 is 10.6 Å². The summed E-state index contributed by atoms with van der Waals surface area (Å²) in [6.07, 6.45) is 1.67. The summed E-state index contributed by atoms with van der Waals surface area (Å²) in [5, 5.41) is 9.55. The second-order valence-corrected chi connectivity index (χ2v) is 6.19. The first-order chi connectivity index (χ1) is 11.6. The molecule has 1 unspecified atom stereocenters. The maximum atomic E-state index is 11.8. The van der Waals surface area contributed by atoms with E-state index in [-0.39, 0.29) is 11.9 Å². The van der Waals surface area contributed by atoms with E-state index in [1.54, 1.807) is 0 Å². The first-order valence-electron chi connectivity index (χ1n) is 7.98. The lowest BCUT2D eigenvalue weighted by Gasteiger charge is -2.26. The fourth-order valence-electron chi connectivity index (χ4n) is 3.62. The number of pyridine rings is 1. The third-order valence-corrected chi connectivity index (χ3v) is 4.74. The number of imidazole rings is 1. The molecule has 2 aromatic heterocycles. The van der Waals surface area contributed by atoms with Crippen molar-refractivity contribution in [1.29, 1.82) is 5.26 Å². The third-order valence-electron chi connectivity index (χ3n) is 4.74. The average molecular weight is 319 g/mol. The van der Waals surface area contributed by atoms with Crippen molar-refractivity contribution < 1.29 is 4.79 Å². The SMILES string of the molecule is Cc1cc(N2CCCC2C(N)=O)n2c(nc3ccccc32)c1C#N. The molecule has 0 bridgehead atoms. The number of para-hydroxylation sites is 2. The highest BCUT2D eigenvalue weighted by Crippen LogP contribution is 2.32. The number of rotatable bonds is 2. The van der Waals surface area contributed by atoms with Crippen LogP contribution in [0.5, 0.6) is 0 Å². The minimum absolute atomic E-state index is 0.313. The number of carbonyl (C=O) groups excluding carboxylic acids is 1. The van der Waals surface area contributed by atoms with Gasteiger partial charge in [0.15, 0.2) is 5.65 Å². The standard InChI is InChI=1S/C18H17N5O/c1-11-9-16(22-8-4-7-15(22)17(20)24)23-14-6-3-2-5-13(14)21-18(23)12(11)10-19/h2-3,5-6,9,15H,4,7-8H2,1H3,(H2,20,24). The molecule has 120 valence electrons. The maximum Gasteiger partial charge on any atom is 0.240 e. The van der Waals surface area contributed by atoms with Gasteiger partial charge in [-0.05, 0) is 43.5 Å². The lowest BCUT2D eigenvalue weighted by molar-refractivity contribution is -0.119. The predicted octanol–water partition coefficient (Wildman–Crippen LogP) is 2.12. The number of fused-ring (bicyclic) bond motifs is 3. The van der Waals surface area contributed by atoms with Gasteiger partial charge >= 0.3 is 0 Å². The first kappa shape index (κ1) is 14.5. The lowest BCUT2D eigenvalue weighted by atomic mass is 10.1. The number of aromatic nitrogens is 2. The molecular formula is C18H17N5O. The smallest absolute Gasteiger partial charge is 0.240 e. The normalized spacial score (nSPS) is 17.5. The Labute approximate surface area is 139 Å². The highest BCUT2D eigenvalue weighted by molar-refractivity contribution is 5.88. The van der Waals surface area contributed by atoms with E-state index in [4.69, 9.17) is 5.73 Å². The Balaban J connectivity index is 2.09. The predicted molar refractivity (Wildman–Crippen MR) is 91.7 cm³/mol. The van der Waals surface area contributed by atoms with Gasteiger partial charge in [0.25, 0.3) is 0 Å². The number of hydrogen-bond donors (Lipinski definition) is 1. The van der Waals surface area contributed by atoms with Crippen molar-refractivity contribution in [1.82, 2.24) is 9.38 Å². The summed E-state index contributed by atoms with van der Waals surface area (Å²) in [5.74, 6) is 0.559. The van der Waals surface area contributed by atoms with Crippen LogP contribution in [0, 0.1) is 18.3 Å². The van der Waals surface area contributed by atoms with E-state index in [0.29, 0.717) is 11.2 Å². The number of hydrogen-bond acceptors (Lipinski definition) is 4. The monoisotopic (exact) mass is 319 g/mol. The Kier molecular flexibility index (Phi) is 3.17. The molecule has 1 fully saturated rings. The number of amides is 1. The zero-order valence-electron chi connectivity index (χ0n) is 13.4. The molecule has 24 heavy (non-hydrogen) atoms. The molecule has 0 aliphatic carbocycles. The summed E-state index contributed by atoms with van der Waals surface area (Å²) >= 11 is 0. The van der Waals surface area contributed by atoms with Crippen molar-refractivity contribution in [2.45, 2.75) is 25.8 Å². The molecule has 2 N–H and O–H groups in total. The fourth-order valence-corrected chi connectivity index (χ4v) is 3.62. The number of carbonyl (C=O) groups is 1. The molecule has 4 rings (SSSR count). The Morgan fingerprint density at radius 3 is 2.96 bits per heavy atom. The second kappa shape index (κ2) is 5.24. The number of nitriles is 1. The molecule has 3 aromatic rings. The van der Waals surface area contributed by atoms with Crippen LogP contribution in [0.15, 0.2) is 30.3 Å². The van der Waals surface area contributed by atoms with Gasteiger partial charge in [0.2, 0.25) is 5.91 Å². The minimum Gasteiger partial charge on any atom is -0.368 e. The molecule has 1 saturated heterocycles. The highest BCUT2D eigenvalue weighted by atomic mass is 16.1. The van der Waals surface area contributed by atoms with Crippen LogP contribution in [0.1, 0.15) is 24.0 Å². The van der Waals surface area contributed by atoms with E-state index in [1.807, 2.05) is 46.6 Å². The van der Waals surface area contributed by atoms with Gasteiger partial charge in [-0.2, -0.15) is 5.26 Å². The largest absolute Gasteiger partial charge is 0.368 e. The fraction of sp³-hybridized carbons (Fsp3) is 0.278. The topological polar surface area (TPSA) is 87.4 Å². The quantitative estimate of drug-likeness (QED) is 0.783. The zero-order chi connectivity index (χ0) is 16.8. The third kappa shape index (κ3) is 1.95. The van der Waals surface area contributed by atoms with Crippen LogP contribution >= 0.6 is 0 Å². The first-order valence-corrected chi connectivity index (χ1v) is 7.98. The molecule has 3 heterocycles. The number of anilines is 1. The van der Waals surface area contributed by atoms with E-state index >= 15 is 0 Å². The van der Waals surface area contributed by atoms with Crippen LogP contribution in [-0.4, -0.2) is 27.9 Å². The molecule has 0 radical (unpaired) electrons. The van der Waals surface area contributed by atoms with Gasteiger partial charge in [0.05, 0.1) is 16.6 Å². The van der Waals surface area contributed by atoms with E-state index < -0.39 is 0 Å². The van der Waals surface area contributed by atoms with Gasteiger partial charge in [-0.25, -0.2) is 4.98 Å². The number of benzene rings is 1. The van der Waals surface area contributed by atoms with Crippen molar-refractivity contribution in [3.05, 3.63) is 41.5 Å². The molecule has 1 amide bonds. The van der Waals surface area contributed by atoms with Crippen LogP contribution in [-0.2, 0) is 4.79 Å². The molecule has 1 aliphatic rings. The summed E-state index contributed by atoms with van der Waals surface area (Å²) in [5.41, 5.74) is 9.39. The summed E-state index contributed by atoms with van der Waals surface area (Å²) < 4.78 is 1.97. The molecular weight excluding hydrogens is 302 g/mol. The van der Waals surface area contributed by atoms with Crippen LogP contribution in [0.3, 0.4) is 0 Å². The van der Waals surface area contributed by atoms with E-state index in [9.17, 15) is 10.1 Å². The molecule has 6 nitrogen and oxygen atoms in total. The zero-order valence-corrected chi connectivity index (χ0v) is 13.4. The average Bonchev–Trinajstić information content (AvgIpc) is 3.19. The van der Waals surface area contributed by atoms with Crippen LogP contribution in [0.4, 0.5) is 5.82 Å². The van der Waals surface area contributed by atoms with E-state index in [1.165, 1.54) is 0 Å². The molecule has 1 atom stereocenters. The van der Waals surface area contributed by atoms with Gasteiger partial charge in [-0.1, -0.05) is 12.1 Å². The van der Waals surface area contributed by atoms with E-state index in [2.05, 4.69) is 11.1 Å². The maximum absolute atomic E-state index is 11.8. The van der Waals surface area contributed by atoms with Crippen molar-refractivity contribution in [3.63, 3.8) is 0 Å². The van der Waals surface area contributed by atoms with Crippen LogP contribution in [0.25, 0.3) is 16.7 Å². The number of aryl methyl sites for hydroxylation is 1. The number of nitrogens with zero attached hydrogens (tertiary/aromatic N) is 4.